The van der Waals surface area contributed by atoms with Crippen LogP contribution in [-0.2, 0) is 4.79 Å². The average molecular weight is 348 g/mol. The summed E-state index contributed by atoms with van der Waals surface area (Å²) in [7, 11) is 0. The number of rotatable bonds is 6. The number of aromatic nitrogens is 1. The minimum absolute atomic E-state index is 0.0524. The first-order chi connectivity index (χ1) is 12.6. The van der Waals surface area contributed by atoms with E-state index in [1.54, 1.807) is 18.2 Å². The minimum atomic E-state index is -0.571. The standard InChI is InChI=1S/C20H20N4O2/c1-2-6-18(25)23-14-9-10-17-15(11-14)19(16(12-22-17)20(21)26)24-13-7-4-3-5-8-13/h3-5,7-12H,2,6H2,1H3,(H2,21,26)(H,22,24)(H,23,25). The number of amides is 2. The van der Waals surface area contributed by atoms with Gasteiger partial charge in [0.05, 0.1) is 16.8 Å². The Labute approximate surface area is 151 Å². The molecule has 4 N–H and O–H groups in total. The summed E-state index contributed by atoms with van der Waals surface area (Å²) < 4.78 is 0. The molecule has 0 aliphatic heterocycles. The van der Waals surface area contributed by atoms with E-state index in [9.17, 15) is 9.59 Å². The Kier molecular flexibility index (Phi) is 5.12. The van der Waals surface area contributed by atoms with Crippen LogP contribution in [0.4, 0.5) is 17.1 Å². The summed E-state index contributed by atoms with van der Waals surface area (Å²) in [6.07, 6.45) is 2.69. The quantitative estimate of drug-likeness (QED) is 0.631. The van der Waals surface area contributed by atoms with Gasteiger partial charge in [-0.05, 0) is 36.8 Å². The molecule has 0 saturated carbocycles. The van der Waals surface area contributed by atoms with Gasteiger partial charge in [0.1, 0.15) is 0 Å². The van der Waals surface area contributed by atoms with E-state index in [4.69, 9.17) is 5.73 Å². The minimum Gasteiger partial charge on any atom is -0.365 e. The van der Waals surface area contributed by atoms with Crippen molar-refractivity contribution < 1.29 is 9.59 Å². The maximum atomic E-state index is 11.9. The molecule has 0 unspecified atom stereocenters. The number of carbonyl (C=O) groups is 2. The zero-order valence-electron chi connectivity index (χ0n) is 14.5. The maximum Gasteiger partial charge on any atom is 0.252 e. The smallest absolute Gasteiger partial charge is 0.252 e. The van der Waals surface area contributed by atoms with Crippen LogP contribution in [-0.4, -0.2) is 16.8 Å². The van der Waals surface area contributed by atoms with Crippen LogP contribution in [0.25, 0.3) is 10.9 Å². The van der Waals surface area contributed by atoms with Crippen LogP contribution in [0.15, 0.2) is 54.7 Å². The van der Waals surface area contributed by atoms with Crippen molar-refractivity contribution in [3.05, 3.63) is 60.3 Å². The number of anilines is 3. The van der Waals surface area contributed by atoms with Crippen molar-refractivity contribution in [2.75, 3.05) is 10.6 Å². The Balaban J connectivity index is 2.09. The molecule has 1 heterocycles. The molecule has 3 rings (SSSR count). The van der Waals surface area contributed by atoms with Gasteiger partial charge in [-0.1, -0.05) is 25.1 Å². The van der Waals surface area contributed by atoms with Gasteiger partial charge in [-0.2, -0.15) is 0 Å². The van der Waals surface area contributed by atoms with Crippen LogP contribution in [0.5, 0.6) is 0 Å². The fraction of sp³-hybridized carbons (Fsp3) is 0.150. The molecular weight excluding hydrogens is 328 g/mol. The van der Waals surface area contributed by atoms with E-state index in [1.807, 2.05) is 37.3 Å². The lowest BCUT2D eigenvalue weighted by Crippen LogP contribution is -2.14. The summed E-state index contributed by atoms with van der Waals surface area (Å²) in [4.78, 5) is 28.1. The number of hydrogen-bond acceptors (Lipinski definition) is 4. The third-order valence-corrected chi connectivity index (χ3v) is 3.94. The average Bonchev–Trinajstić information content (AvgIpc) is 2.63. The van der Waals surface area contributed by atoms with E-state index in [2.05, 4.69) is 15.6 Å². The Morgan fingerprint density at radius 3 is 2.54 bits per heavy atom. The third-order valence-electron chi connectivity index (χ3n) is 3.94. The van der Waals surface area contributed by atoms with E-state index in [-0.39, 0.29) is 5.91 Å². The molecule has 6 nitrogen and oxygen atoms in total. The molecule has 2 aromatic carbocycles. The summed E-state index contributed by atoms with van der Waals surface area (Å²) in [5.74, 6) is -0.623. The van der Waals surface area contributed by atoms with Crippen molar-refractivity contribution in [2.24, 2.45) is 5.73 Å². The van der Waals surface area contributed by atoms with Gasteiger partial charge < -0.3 is 16.4 Å². The molecule has 132 valence electrons. The molecule has 2 amide bonds. The van der Waals surface area contributed by atoms with Gasteiger partial charge in [0.15, 0.2) is 0 Å². The Hall–Kier alpha value is -3.41. The molecule has 0 atom stereocenters. The second-order valence-electron chi connectivity index (χ2n) is 5.93. The molecule has 0 spiro atoms. The predicted octanol–water partition coefficient (Wildman–Crippen LogP) is 3.82. The number of nitrogens with one attached hydrogen (secondary N) is 2. The van der Waals surface area contributed by atoms with Gasteiger partial charge in [-0.15, -0.1) is 0 Å². The molecule has 0 radical (unpaired) electrons. The molecule has 0 bridgehead atoms. The summed E-state index contributed by atoms with van der Waals surface area (Å²) in [6.45, 7) is 1.95. The zero-order chi connectivity index (χ0) is 18.5. The molecular formula is C20H20N4O2. The lowest BCUT2D eigenvalue weighted by atomic mass is 10.1. The largest absolute Gasteiger partial charge is 0.365 e. The normalized spacial score (nSPS) is 10.5. The monoisotopic (exact) mass is 348 g/mol. The Bertz CT molecular complexity index is 955. The molecule has 0 aliphatic rings. The summed E-state index contributed by atoms with van der Waals surface area (Å²) in [6, 6.07) is 14.9. The number of nitrogens with two attached hydrogens (primary N) is 1. The molecule has 26 heavy (non-hydrogen) atoms. The van der Waals surface area contributed by atoms with Crippen LogP contribution in [0, 0.1) is 0 Å². The number of carbonyl (C=O) groups excluding carboxylic acids is 2. The fourth-order valence-electron chi connectivity index (χ4n) is 2.71. The third kappa shape index (κ3) is 3.80. The number of benzene rings is 2. The van der Waals surface area contributed by atoms with Gasteiger partial charge >= 0.3 is 0 Å². The second kappa shape index (κ2) is 7.65. The SMILES string of the molecule is CCCC(=O)Nc1ccc2ncc(C(N)=O)c(Nc3ccccc3)c2c1. The zero-order valence-corrected chi connectivity index (χ0v) is 14.5. The fourth-order valence-corrected chi connectivity index (χ4v) is 2.71. The van der Waals surface area contributed by atoms with Crippen LogP contribution < -0.4 is 16.4 Å². The Morgan fingerprint density at radius 2 is 1.85 bits per heavy atom. The first-order valence-electron chi connectivity index (χ1n) is 8.43. The predicted molar refractivity (Wildman–Crippen MR) is 104 cm³/mol. The second-order valence-corrected chi connectivity index (χ2v) is 5.93. The number of hydrogen-bond donors (Lipinski definition) is 3. The number of para-hydroxylation sites is 1. The first-order valence-corrected chi connectivity index (χ1v) is 8.43. The summed E-state index contributed by atoms with van der Waals surface area (Å²) >= 11 is 0. The lowest BCUT2D eigenvalue weighted by molar-refractivity contribution is -0.116. The van der Waals surface area contributed by atoms with Gasteiger partial charge in [0, 0.05) is 29.4 Å². The van der Waals surface area contributed by atoms with Crippen LogP contribution in [0.3, 0.4) is 0 Å². The summed E-state index contributed by atoms with van der Waals surface area (Å²) in [5, 5.41) is 6.82. The van der Waals surface area contributed by atoms with Gasteiger partial charge in [0.2, 0.25) is 5.91 Å². The highest BCUT2D eigenvalue weighted by Crippen LogP contribution is 2.31. The number of pyridine rings is 1. The van der Waals surface area contributed by atoms with Crippen molar-refractivity contribution in [1.29, 1.82) is 0 Å². The molecule has 1 aromatic heterocycles. The van der Waals surface area contributed by atoms with E-state index in [0.717, 1.165) is 12.1 Å². The van der Waals surface area contributed by atoms with Gasteiger partial charge in [-0.25, -0.2) is 0 Å². The van der Waals surface area contributed by atoms with Gasteiger partial charge in [-0.3, -0.25) is 14.6 Å². The van der Waals surface area contributed by atoms with Crippen molar-refractivity contribution in [2.45, 2.75) is 19.8 Å². The highest BCUT2D eigenvalue weighted by molar-refractivity contribution is 6.08. The molecule has 0 aliphatic carbocycles. The van der Waals surface area contributed by atoms with Crippen molar-refractivity contribution in [3.63, 3.8) is 0 Å². The number of fused-ring (bicyclic) bond motifs is 1. The highest BCUT2D eigenvalue weighted by Gasteiger charge is 2.14. The van der Waals surface area contributed by atoms with Crippen molar-refractivity contribution >= 4 is 39.8 Å². The van der Waals surface area contributed by atoms with Crippen molar-refractivity contribution in [1.82, 2.24) is 4.98 Å². The van der Waals surface area contributed by atoms with Crippen LogP contribution in [0.1, 0.15) is 30.1 Å². The van der Waals surface area contributed by atoms with E-state index >= 15 is 0 Å². The van der Waals surface area contributed by atoms with E-state index < -0.39 is 5.91 Å². The van der Waals surface area contributed by atoms with Crippen molar-refractivity contribution in [3.8, 4) is 0 Å². The molecule has 3 aromatic rings. The first kappa shape index (κ1) is 17.4. The maximum absolute atomic E-state index is 11.9. The number of primary amides is 1. The highest BCUT2D eigenvalue weighted by atomic mass is 16.1. The summed E-state index contributed by atoms with van der Waals surface area (Å²) in [5.41, 5.74) is 8.56. The van der Waals surface area contributed by atoms with Crippen LogP contribution in [0.2, 0.25) is 0 Å². The molecule has 0 fully saturated rings. The molecule has 6 heteroatoms. The van der Waals surface area contributed by atoms with E-state index in [1.165, 1.54) is 6.20 Å². The number of nitrogens with zero attached hydrogens (tertiary/aromatic N) is 1. The lowest BCUT2D eigenvalue weighted by Gasteiger charge is -2.14. The Morgan fingerprint density at radius 1 is 1.08 bits per heavy atom. The van der Waals surface area contributed by atoms with Gasteiger partial charge in [0.25, 0.3) is 5.91 Å². The molecule has 0 saturated heterocycles. The topological polar surface area (TPSA) is 97.1 Å². The van der Waals surface area contributed by atoms with E-state index in [0.29, 0.717) is 34.3 Å². The van der Waals surface area contributed by atoms with Crippen LogP contribution >= 0.6 is 0 Å².